The van der Waals surface area contributed by atoms with Crippen molar-refractivity contribution in [3.05, 3.63) is 70.4 Å². The minimum Gasteiger partial charge on any atom is -0.480 e. The molecule has 0 aliphatic carbocycles. The molecular weight excluding hydrogens is 340 g/mol. The summed E-state index contributed by atoms with van der Waals surface area (Å²) < 4.78 is 0. The lowest BCUT2D eigenvalue weighted by atomic mass is 9.97. The number of hydrogen-bond acceptors (Lipinski definition) is 2. The predicted octanol–water partition coefficient (Wildman–Crippen LogP) is 3.45. The molecule has 3 aromatic rings. The number of nitrogens with one attached hydrogen (secondary N) is 2. The van der Waals surface area contributed by atoms with Gasteiger partial charge in [0.1, 0.15) is 6.04 Å². The molecule has 0 fully saturated rings. The van der Waals surface area contributed by atoms with Crippen molar-refractivity contribution in [2.45, 2.75) is 39.7 Å². The number of aromatic nitrogens is 1. The van der Waals surface area contributed by atoms with E-state index in [2.05, 4.69) is 10.3 Å². The molecule has 0 saturated heterocycles. The van der Waals surface area contributed by atoms with Gasteiger partial charge in [-0.1, -0.05) is 35.9 Å². The second-order valence-corrected chi connectivity index (χ2v) is 7.08. The fraction of sp³-hybridized carbons (Fsp3) is 0.273. The molecule has 5 nitrogen and oxygen atoms in total. The van der Waals surface area contributed by atoms with Crippen molar-refractivity contribution < 1.29 is 14.7 Å². The molecular formula is C22H24N2O3. The highest BCUT2D eigenvalue weighted by molar-refractivity contribution is 5.87. The Morgan fingerprint density at radius 2 is 1.78 bits per heavy atom. The molecule has 5 heteroatoms. The Morgan fingerprint density at radius 3 is 2.44 bits per heavy atom. The first kappa shape index (κ1) is 18.7. The van der Waals surface area contributed by atoms with Crippen LogP contribution in [0, 0.1) is 20.8 Å². The number of aromatic amines is 1. The molecule has 27 heavy (non-hydrogen) atoms. The molecule has 0 aliphatic heterocycles. The first-order chi connectivity index (χ1) is 12.8. The molecule has 1 atom stereocenters. The van der Waals surface area contributed by atoms with Crippen molar-refractivity contribution in [3.63, 3.8) is 0 Å². The van der Waals surface area contributed by atoms with Gasteiger partial charge in [0.25, 0.3) is 0 Å². The van der Waals surface area contributed by atoms with E-state index in [1.165, 1.54) is 0 Å². The zero-order chi connectivity index (χ0) is 19.6. The zero-order valence-electron chi connectivity index (χ0n) is 15.8. The Kier molecular flexibility index (Phi) is 5.31. The molecule has 3 N–H and O–H groups in total. The van der Waals surface area contributed by atoms with Gasteiger partial charge < -0.3 is 15.4 Å². The van der Waals surface area contributed by atoms with Crippen LogP contribution in [0.2, 0.25) is 0 Å². The monoisotopic (exact) mass is 364 g/mol. The number of aliphatic carboxylic acids is 1. The number of fused-ring (bicyclic) bond motifs is 1. The van der Waals surface area contributed by atoms with Crippen molar-refractivity contribution in [1.82, 2.24) is 10.3 Å². The van der Waals surface area contributed by atoms with E-state index in [4.69, 9.17) is 0 Å². The topological polar surface area (TPSA) is 82.2 Å². The maximum absolute atomic E-state index is 12.5. The average molecular weight is 364 g/mol. The molecule has 1 aromatic heterocycles. The molecule has 1 amide bonds. The highest BCUT2D eigenvalue weighted by Crippen LogP contribution is 2.20. The lowest BCUT2D eigenvalue weighted by Gasteiger charge is -2.16. The lowest BCUT2D eigenvalue weighted by molar-refractivity contribution is -0.141. The van der Waals surface area contributed by atoms with Crippen molar-refractivity contribution in [2.75, 3.05) is 0 Å². The summed E-state index contributed by atoms with van der Waals surface area (Å²) in [5.74, 6) is -1.32. The minimum absolute atomic E-state index is 0.176. The lowest BCUT2D eigenvalue weighted by Crippen LogP contribution is -2.43. The molecule has 2 aromatic carbocycles. The third-order valence-corrected chi connectivity index (χ3v) is 4.91. The van der Waals surface area contributed by atoms with Gasteiger partial charge in [-0.15, -0.1) is 0 Å². The molecule has 140 valence electrons. The number of benzene rings is 2. The van der Waals surface area contributed by atoms with E-state index in [-0.39, 0.29) is 18.7 Å². The van der Waals surface area contributed by atoms with Gasteiger partial charge in [-0.25, -0.2) is 4.79 Å². The van der Waals surface area contributed by atoms with E-state index in [1.807, 2.05) is 57.2 Å². The van der Waals surface area contributed by atoms with Crippen LogP contribution in [0.3, 0.4) is 0 Å². The van der Waals surface area contributed by atoms with Gasteiger partial charge in [0.2, 0.25) is 5.91 Å². The van der Waals surface area contributed by atoms with Crippen LogP contribution in [0.1, 0.15) is 27.8 Å². The van der Waals surface area contributed by atoms with Crippen molar-refractivity contribution >= 4 is 22.8 Å². The van der Waals surface area contributed by atoms with Crippen LogP contribution in [-0.2, 0) is 22.4 Å². The fourth-order valence-electron chi connectivity index (χ4n) is 3.62. The smallest absolute Gasteiger partial charge is 0.326 e. The quantitative estimate of drug-likeness (QED) is 0.626. The normalized spacial score (nSPS) is 12.1. The second kappa shape index (κ2) is 7.66. The highest BCUT2D eigenvalue weighted by atomic mass is 16.4. The summed E-state index contributed by atoms with van der Waals surface area (Å²) >= 11 is 0. The number of carbonyl (C=O) groups is 2. The number of aryl methyl sites for hydroxylation is 3. The number of H-pyrrole nitrogens is 1. The number of carboxylic acid groups (broad SMARTS) is 1. The SMILES string of the molecule is Cc1cc(C)c(CC(=O)N[C@@H](Cc2c[nH]c3ccccc23)C(=O)O)c(C)c1. The minimum atomic E-state index is -1.04. The molecule has 0 saturated carbocycles. The van der Waals surface area contributed by atoms with Crippen LogP contribution >= 0.6 is 0 Å². The predicted molar refractivity (Wildman–Crippen MR) is 106 cm³/mol. The summed E-state index contributed by atoms with van der Waals surface area (Å²) in [7, 11) is 0. The summed E-state index contributed by atoms with van der Waals surface area (Å²) in [4.78, 5) is 27.4. The van der Waals surface area contributed by atoms with E-state index >= 15 is 0 Å². The van der Waals surface area contributed by atoms with Crippen LogP contribution in [0.4, 0.5) is 0 Å². The Hall–Kier alpha value is -3.08. The number of carboxylic acids is 1. The average Bonchev–Trinajstić information content (AvgIpc) is 3.00. The van der Waals surface area contributed by atoms with Gasteiger partial charge in [-0.05, 0) is 49.1 Å². The third-order valence-electron chi connectivity index (χ3n) is 4.91. The molecule has 0 bridgehead atoms. The van der Waals surface area contributed by atoms with Crippen LogP contribution in [-0.4, -0.2) is 28.0 Å². The van der Waals surface area contributed by atoms with Gasteiger partial charge in [-0.2, -0.15) is 0 Å². The molecule has 0 radical (unpaired) electrons. The fourth-order valence-corrected chi connectivity index (χ4v) is 3.62. The van der Waals surface area contributed by atoms with Crippen LogP contribution in [0.25, 0.3) is 10.9 Å². The first-order valence-electron chi connectivity index (χ1n) is 8.99. The maximum Gasteiger partial charge on any atom is 0.326 e. The van der Waals surface area contributed by atoms with Crippen LogP contribution in [0.5, 0.6) is 0 Å². The number of hydrogen-bond donors (Lipinski definition) is 3. The molecule has 0 aliphatic rings. The summed E-state index contributed by atoms with van der Waals surface area (Å²) in [6, 6.07) is 10.8. The van der Waals surface area contributed by atoms with E-state index in [0.717, 1.165) is 38.7 Å². The second-order valence-electron chi connectivity index (χ2n) is 7.08. The number of rotatable bonds is 6. The van der Waals surface area contributed by atoms with Gasteiger partial charge in [-0.3, -0.25) is 4.79 Å². The van der Waals surface area contributed by atoms with Crippen molar-refractivity contribution in [2.24, 2.45) is 0 Å². The number of para-hydroxylation sites is 1. The van der Waals surface area contributed by atoms with Crippen molar-refractivity contribution in [1.29, 1.82) is 0 Å². The van der Waals surface area contributed by atoms with E-state index in [9.17, 15) is 14.7 Å². The standard InChI is InChI=1S/C22H24N2O3/c1-13-8-14(2)18(15(3)9-13)11-21(25)24-20(22(26)27)10-16-12-23-19-7-5-4-6-17(16)19/h4-9,12,20,23H,10-11H2,1-3H3,(H,24,25)(H,26,27)/t20-/m0/s1. The summed E-state index contributed by atoms with van der Waals surface area (Å²) in [5, 5.41) is 13.2. The van der Waals surface area contributed by atoms with E-state index in [0.29, 0.717) is 0 Å². The Labute approximate surface area is 158 Å². The van der Waals surface area contributed by atoms with E-state index < -0.39 is 12.0 Å². The largest absolute Gasteiger partial charge is 0.480 e. The maximum atomic E-state index is 12.5. The number of amides is 1. The Bertz CT molecular complexity index is 981. The molecule has 0 spiro atoms. The van der Waals surface area contributed by atoms with Gasteiger partial charge >= 0.3 is 5.97 Å². The number of carbonyl (C=O) groups excluding carboxylic acids is 1. The van der Waals surface area contributed by atoms with Crippen LogP contribution < -0.4 is 5.32 Å². The third kappa shape index (κ3) is 4.19. The molecule has 0 unspecified atom stereocenters. The van der Waals surface area contributed by atoms with Crippen molar-refractivity contribution in [3.8, 4) is 0 Å². The van der Waals surface area contributed by atoms with Crippen LogP contribution in [0.15, 0.2) is 42.6 Å². The summed E-state index contributed by atoms with van der Waals surface area (Å²) in [6.07, 6.45) is 2.22. The van der Waals surface area contributed by atoms with Gasteiger partial charge in [0.05, 0.1) is 6.42 Å². The zero-order valence-corrected chi connectivity index (χ0v) is 15.8. The first-order valence-corrected chi connectivity index (χ1v) is 8.99. The molecule has 1 heterocycles. The Morgan fingerprint density at radius 1 is 1.11 bits per heavy atom. The molecule has 3 rings (SSSR count). The highest BCUT2D eigenvalue weighted by Gasteiger charge is 2.22. The van der Waals surface area contributed by atoms with Gasteiger partial charge in [0, 0.05) is 23.5 Å². The van der Waals surface area contributed by atoms with Gasteiger partial charge in [0.15, 0.2) is 0 Å². The summed E-state index contributed by atoms with van der Waals surface area (Å²) in [6.45, 7) is 5.97. The van der Waals surface area contributed by atoms with E-state index in [1.54, 1.807) is 6.20 Å². The Balaban J connectivity index is 1.75. The summed E-state index contributed by atoms with van der Waals surface area (Å²) in [5.41, 5.74) is 6.03.